The van der Waals surface area contributed by atoms with Gasteiger partial charge in [0.15, 0.2) is 0 Å². The zero-order valence-corrected chi connectivity index (χ0v) is 13.3. The minimum absolute atomic E-state index is 0.383. The van der Waals surface area contributed by atoms with E-state index >= 15 is 0 Å². The number of anilines is 2. The Bertz CT molecular complexity index is 768. The molecule has 2 aromatic rings. The average Bonchev–Trinajstić information content (AvgIpc) is 2.71. The lowest BCUT2D eigenvalue weighted by Gasteiger charge is -2.12. The van der Waals surface area contributed by atoms with E-state index in [0.717, 1.165) is 5.69 Å². The molecule has 0 saturated heterocycles. The van der Waals surface area contributed by atoms with Crippen molar-refractivity contribution in [1.29, 1.82) is 0 Å². The predicted octanol–water partition coefficient (Wildman–Crippen LogP) is 3.25. The van der Waals surface area contributed by atoms with Gasteiger partial charge in [-0.1, -0.05) is 0 Å². The SMILES string of the molecule is Cc1nn(C)c(C)c1NC(=O)CNc1cc(C(F)(F)F)ccc1F. The fraction of sp³-hybridized carbons (Fsp3) is 0.333. The highest BCUT2D eigenvalue weighted by Gasteiger charge is 2.31. The van der Waals surface area contributed by atoms with Crippen molar-refractivity contribution < 1.29 is 22.4 Å². The van der Waals surface area contributed by atoms with Crippen LogP contribution in [0, 0.1) is 19.7 Å². The van der Waals surface area contributed by atoms with Gasteiger partial charge in [0.1, 0.15) is 5.82 Å². The van der Waals surface area contributed by atoms with E-state index in [1.165, 1.54) is 0 Å². The summed E-state index contributed by atoms with van der Waals surface area (Å²) < 4.78 is 53.1. The Morgan fingerprint density at radius 2 is 1.96 bits per heavy atom. The van der Waals surface area contributed by atoms with Gasteiger partial charge in [-0.05, 0) is 32.0 Å². The van der Waals surface area contributed by atoms with Crippen LogP contribution in [0.15, 0.2) is 18.2 Å². The molecule has 5 nitrogen and oxygen atoms in total. The Hall–Kier alpha value is -2.58. The summed E-state index contributed by atoms with van der Waals surface area (Å²) in [6.45, 7) is 3.09. The molecule has 0 aliphatic carbocycles. The van der Waals surface area contributed by atoms with Gasteiger partial charge < -0.3 is 10.6 Å². The van der Waals surface area contributed by atoms with E-state index in [9.17, 15) is 22.4 Å². The lowest BCUT2D eigenvalue weighted by molar-refractivity contribution is -0.137. The maximum atomic E-state index is 13.6. The number of nitrogens with one attached hydrogen (secondary N) is 2. The summed E-state index contributed by atoms with van der Waals surface area (Å²) in [4.78, 5) is 11.9. The second-order valence-electron chi connectivity index (χ2n) is 5.26. The first-order valence-electron chi connectivity index (χ1n) is 7.00. The fourth-order valence-corrected chi connectivity index (χ4v) is 2.15. The molecule has 0 atom stereocenters. The normalized spacial score (nSPS) is 11.5. The maximum Gasteiger partial charge on any atom is 0.416 e. The van der Waals surface area contributed by atoms with Crippen molar-refractivity contribution in [3.63, 3.8) is 0 Å². The number of alkyl halides is 3. The third kappa shape index (κ3) is 3.84. The van der Waals surface area contributed by atoms with Crippen LogP contribution in [0.4, 0.5) is 28.9 Å². The third-order valence-corrected chi connectivity index (χ3v) is 3.51. The molecule has 130 valence electrons. The van der Waals surface area contributed by atoms with Crippen LogP contribution in [-0.4, -0.2) is 22.2 Å². The van der Waals surface area contributed by atoms with Crippen LogP contribution in [0.5, 0.6) is 0 Å². The van der Waals surface area contributed by atoms with Crippen molar-refractivity contribution in [3.05, 3.63) is 41.0 Å². The van der Waals surface area contributed by atoms with Crippen molar-refractivity contribution in [3.8, 4) is 0 Å². The van der Waals surface area contributed by atoms with Crippen LogP contribution >= 0.6 is 0 Å². The molecule has 2 N–H and O–H groups in total. The van der Waals surface area contributed by atoms with E-state index in [2.05, 4.69) is 15.7 Å². The smallest absolute Gasteiger partial charge is 0.374 e. The van der Waals surface area contributed by atoms with E-state index in [-0.39, 0.29) is 12.2 Å². The molecule has 0 saturated carbocycles. The maximum absolute atomic E-state index is 13.6. The Morgan fingerprint density at radius 3 is 2.50 bits per heavy atom. The molecular weight excluding hydrogens is 328 g/mol. The van der Waals surface area contributed by atoms with Crippen molar-refractivity contribution in [2.75, 3.05) is 17.2 Å². The predicted molar refractivity (Wildman–Crippen MR) is 81.2 cm³/mol. The van der Waals surface area contributed by atoms with E-state index < -0.39 is 23.5 Å². The summed E-state index contributed by atoms with van der Waals surface area (Å²) >= 11 is 0. The molecular formula is C15H16F4N4O. The number of amides is 1. The average molecular weight is 344 g/mol. The molecule has 9 heteroatoms. The molecule has 0 unspecified atom stereocenters. The first-order chi connectivity index (χ1) is 11.1. The van der Waals surface area contributed by atoms with Crippen LogP contribution in [0.2, 0.25) is 0 Å². The number of carbonyl (C=O) groups is 1. The summed E-state index contributed by atoms with van der Waals surface area (Å²) in [6.07, 6.45) is -4.59. The molecule has 1 aromatic carbocycles. The van der Waals surface area contributed by atoms with Gasteiger partial charge in [-0.25, -0.2) is 4.39 Å². The highest BCUT2D eigenvalue weighted by atomic mass is 19.4. The van der Waals surface area contributed by atoms with Crippen molar-refractivity contribution in [2.24, 2.45) is 7.05 Å². The summed E-state index contributed by atoms with van der Waals surface area (Å²) in [5.74, 6) is -1.39. The number of hydrogen-bond acceptors (Lipinski definition) is 3. The highest BCUT2D eigenvalue weighted by molar-refractivity contribution is 5.94. The summed E-state index contributed by atoms with van der Waals surface area (Å²) in [5, 5.41) is 9.11. The molecule has 24 heavy (non-hydrogen) atoms. The summed E-state index contributed by atoms with van der Waals surface area (Å²) in [7, 11) is 1.72. The van der Waals surface area contributed by atoms with Gasteiger partial charge in [0.05, 0.1) is 34.9 Å². The van der Waals surface area contributed by atoms with Gasteiger partial charge in [0.25, 0.3) is 0 Å². The quantitative estimate of drug-likeness (QED) is 0.837. The third-order valence-electron chi connectivity index (χ3n) is 3.51. The Morgan fingerprint density at radius 1 is 1.29 bits per heavy atom. The number of hydrogen-bond donors (Lipinski definition) is 2. The van der Waals surface area contributed by atoms with Crippen LogP contribution in [0.1, 0.15) is 17.0 Å². The Labute approximate surface area is 135 Å². The van der Waals surface area contributed by atoms with Gasteiger partial charge in [0, 0.05) is 7.05 Å². The largest absolute Gasteiger partial charge is 0.416 e. The van der Waals surface area contributed by atoms with Crippen LogP contribution in [0.25, 0.3) is 0 Å². The topological polar surface area (TPSA) is 59.0 Å². The molecule has 0 aliphatic rings. The second kappa shape index (κ2) is 6.50. The molecule has 1 amide bonds. The van der Waals surface area contributed by atoms with Gasteiger partial charge in [-0.15, -0.1) is 0 Å². The fourth-order valence-electron chi connectivity index (χ4n) is 2.15. The minimum Gasteiger partial charge on any atom is -0.374 e. The van der Waals surface area contributed by atoms with Crippen molar-refractivity contribution in [2.45, 2.75) is 20.0 Å². The molecule has 0 aliphatic heterocycles. The molecule has 2 rings (SSSR count). The monoisotopic (exact) mass is 344 g/mol. The first kappa shape index (κ1) is 17.8. The van der Waals surface area contributed by atoms with E-state index in [1.54, 1.807) is 25.6 Å². The van der Waals surface area contributed by atoms with E-state index in [4.69, 9.17) is 0 Å². The first-order valence-corrected chi connectivity index (χ1v) is 7.00. The number of nitrogens with zero attached hydrogens (tertiary/aromatic N) is 2. The van der Waals surface area contributed by atoms with Crippen LogP contribution in [-0.2, 0) is 18.0 Å². The number of benzene rings is 1. The Balaban J connectivity index is 2.07. The van der Waals surface area contributed by atoms with Gasteiger partial charge >= 0.3 is 6.18 Å². The number of aromatic nitrogens is 2. The van der Waals surface area contributed by atoms with Gasteiger partial charge in [-0.2, -0.15) is 18.3 Å². The Kier molecular flexibility index (Phi) is 4.81. The highest BCUT2D eigenvalue weighted by Crippen LogP contribution is 2.31. The molecule has 1 aromatic heterocycles. The summed E-state index contributed by atoms with van der Waals surface area (Å²) in [6, 6.07) is 1.98. The molecule has 0 radical (unpaired) electrons. The molecule has 1 heterocycles. The van der Waals surface area contributed by atoms with Crippen LogP contribution < -0.4 is 10.6 Å². The molecule has 0 fully saturated rings. The standard InChI is InChI=1S/C15H16F4N4O/c1-8-14(9(2)23(3)22-8)21-13(24)7-20-12-6-10(15(17,18)19)4-5-11(12)16/h4-6,20H,7H2,1-3H3,(H,21,24). The van der Waals surface area contributed by atoms with E-state index in [1.807, 2.05) is 0 Å². The van der Waals surface area contributed by atoms with Gasteiger partial charge in [0.2, 0.25) is 5.91 Å². The number of halogens is 4. The molecule has 0 spiro atoms. The molecule has 0 bridgehead atoms. The van der Waals surface area contributed by atoms with Gasteiger partial charge in [-0.3, -0.25) is 9.48 Å². The number of aryl methyl sites for hydroxylation is 2. The van der Waals surface area contributed by atoms with Crippen molar-refractivity contribution in [1.82, 2.24) is 9.78 Å². The number of carbonyl (C=O) groups excluding carboxylic acids is 1. The van der Waals surface area contributed by atoms with E-state index in [0.29, 0.717) is 29.6 Å². The van der Waals surface area contributed by atoms with Crippen molar-refractivity contribution >= 4 is 17.3 Å². The second-order valence-corrected chi connectivity index (χ2v) is 5.26. The lowest BCUT2D eigenvalue weighted by atomic mass is 10.2. The zero-order valence-electron chi connectivity index (χ0n) is 13.3. The van der Waals surface area contributed by atoms with Crippen LogP contribution in [0.3, 0.4) is 0 Å². The lowest BCUT2D eigenvalue weighted by Crippen LogP contribution is -2.23. The number of rotatable bonds is 4. The minimum atomic E-state index is -4.59. The summed E-state index contributed by atoms with van der Waals surface area (Å²) in [5.41, 5.74) is 0.471. The zero-order chi connectivity index (χ0) is 18.1.